The largest absolute Gasteiger partial charge is 0.372 e. The van der Waals surface area contributed by atoms with Crippen molar-refractivity contribution in [2.75, 3.05) is 10.6 Å². The zero-order valence-electron chi connectivity index (χ0n) is 17.2. The summed E-state index contributed by atoms with van der Waals surface area (Å²) < 4.78 is 5.53. The molecule has 1 aliphatic rings. The van der Waals surface area contributed by atoms with Gasteiger partial charge in [-0.2, -0.15) is 15.5 Å². The number of nitrogens with zero attached hydrogens (tertiary/aromatic N) is 4. The normalized spacial score (nSPS) is 12.3. The zero-order valence-corrected chi connectivity index (χ0v) is 17.2. The highest BCUT2D eigenvalue weighted by Gasteiger charge is 2.19. The van der Waals surface area contributed by atoms with E-state index in [2.05, 4.69) is 26.7 Å². The number of ether oxygens (including phenoxy) is 1. The van der Waals surface area contributed by atoms with Crippen LogP contribution in [0.15, 0.2) is 42.6 Å². The molecule has 3 aromatic rings. The zero-order chi connectivity index (χ0) is 21.8. The lowest BCUT2D eigenvalue weighted by molar-refractivity contribution is 0.134. The number of rotatable bonds is 5. The van der Waals surface area contributed by atoms with Crippen LogP contribution in [0.1, 0.15) is 33.4 Å². The summed E-state index contributed by atoms with van der Waals surface area (Å²) in [5, 5.41) is 24.6. The van der Waals surface area contributed by atoms with E-state index in [4.69, 9.17) is 10.00 Å². The summed E-state index contributed by atoms with van der Waals surface area (Å²) in [6.45, 7) is 4.92. The molecule has 4 rings (SSSR count). The first kappa shape index (κ1) is 20.1. The Morgan fingerprint density at radius 2 is 1.81 bits per heavy atom. The van der Waals surface area contributed by atoms with Crippen LogP contribution in [0.25, 0.3) is 6.08 Å². The standard InChI is InChI=1S/C24H20N6O/c1-15-10-17(4-3-8-25)11-16(2)23(15)29-22-7-9-27-24(30-22)28-21-6-5-18(12-26)19-13-31-14-20(19)21/h3-7,9-11H,13-14H2,1-2H3,(H2,27,28,29,30)/b4-3+. The van der Waals surface area contributed by atoms with Crippen molar-refractivity contribution in [1.82, 2.24) is 9.97 Å². The van der Waals surface area contributed by atoms with E-state index < -0.39 is 0 Å². The predicted octanol–water partition coefficient (Wildman–Crippen LogP) is 5.02. The third kappa shape index (κ3) is 4.23. The fourth-order valence-electron chi connectivity index (χ4n) is 3.66. The topological polar surface area (TPSA) is 107 Å². The molecule has 2 N–H and O–H groups in total. The average molecular weight is 408 g/mol. The molecule has 2 heterocycles. The van der Waals surface area contributed by atoms with Gasteiger partial charge in [0.25, 0.3) is 0 Å². The van der Waals surface area contributed by atoms with Gasteiger partial charge in [-0.25, -0.2) is 4.98 Å². The molecule has 1 aromatic heterocycles. The van der Waals surface area contributed by atoms with Gasteiger partial charge in [0.1, 0.15) is 5.82 Å². The van der Waals surface area contributed by atoms with E-state index in [9.17, 15) is 5.26 Å². The van der Waals surface area contributed by atoms with Crippen molar-refractivity contribution >= 4 is 29.2 Å². The summed E-state index contributed by atoms with van der Waals surface area (Å²) in [4.78, 5) is 8.92. The van der Waals surface area contributed by atoms with Crippen LogP contribution < -0.4 is 10.6 Å². The molecule has 0 spiro atoms. The highest BCUT2D eigenvalue weighted by Crippen LogP contribution is 2.32. The van der Waals surface area contributed by atoms with Crippen molar-refractivity contribution in [1.29, 1.82) is 10.5 Å². The number of nitrogens with one attached hydrogen (secondary N) is 2. The second kappa shape index (κ2) is 8.66. The summed E-state index contributed by atoms with van der Waals surface area (Å²) in [6, 6.07) is 13.7. The minimum atomic E-state index is 0.439. The van der Waals surface area contributed by atoms with Crippen LogP contribution in [-0.2, 0) is 18.0 Å². The Morgan fingerprint density at radius 3 is 2.55 bits per heavy atom. The summed E-state index contributed by atoms with van der Waals surface area (Å²) in [7, 11) is 0. The first-order valence-electron chi connectivity index (χ1n) is 9.76. The smallest absolute Gasteiger partial charge is 0.229 e. The van der Waals surface area contributed by atoms with Gasteiger partial charge in [-0.15, -0.1) is 0 Å². The summed E-state index contributed by atoms with van der Waals surface area (Å²) in [6.07, 6.45) is 4.94. The number of fused-ring (bicyclic) bond motifs is 1. The van der Waals surface area contributed by atoms with Crippen LogP contribution in [0.2, 0.25) is 0 Å². The quantitative estimate of drug-likeness (QED) is 0.571. The van der Waals surface area contributed by atoms with Crippen LogP contribution in [0.3, 0.4) is 0 Å². The number of aromatic nitrogens is 2. The fourth-order valence-corrected chi connectivity index (χ4v) is 3.66. The molecular formula is C24H20N6O. The van der Waals surface area contributed by atoms with Crippen molar-refractivity contribution in [3.63, 3.8) is 0 Å². The second-order valence-electron chi connectivity index (χ2n) is 7.23. The fraction of sp³-hybridized carbons (Fsp3) is 0.167. The minimum Gasteiger partial charge on any atom is -0.372 e. The van der Waals surface area contributed by atoms with Gasteiger partial charge in [0.2, 0.25) is 5.95 Å². The van der Waals surface area contributed by atoms with Crippen molar-refractivity contribution in [2.24, 2.45) is 0 Å². The van der Waals surface area contributed by atoms with E-state index in [1.54, 1.807) is 24.4 Å². The Morgan fingerprint density at radius 1 is 1.03 bits per heavy atom. The van der Waals surface area contributed by atoms with Crippen LogP contribution in [-0.4, -0.2) is 9.97 Å². The molecule has 0 amide bonds. The molecule has 0 saturated heterocycles. The van der Waals surface area contributed by atoms with Gasteiger partial charge in [-0.1, -0.05) is 0 Å². The lowest BCUT2D eigenvalue weighted by atomic mass is 10.0. The first-order chi connectivity index (χ1) is 15.1. The highest BCUT2D eigenvalue weighted by atomic mass is 16.5. The molecule has 0 bridgehead atoms. The molecule has 1 aliphatic heterocycles. The van der Waals surface area contributed by atoms with Gasteiger partial charge >= 0.3 is 0 Å². The third-order valence-electron chi connectivity index (χ3n) is 5.10. The van der Waals surface area contributed by atoms with Gasteiger partial charge in [0, 0.05) is 34.8 Å². The number of allylic oxidation sites excluding steroid dienone is 1. The Bertz CT molecular complexity index is 1240. The number of hydrogen-bond donors (Lipinski definition) is 2. The van der Waals surface area contributed by atoms with Crippen LogP contribution in [0.4, 0.5) is 23.1 Å². The number of aryl methyl sites for hydroxylation is 2. The summed E-state index contributed by atoms with van der Waals surface area (Å²) in [5.41, 5.74) is 7.39. The Balaban J connectivity index is 1.58. The Hall–Kier alpha value is -4.20. The Labute approximate surface area is 180 Å². The number of hydrogen-bond acceptors (Lipinski definition) is 7. The van der Waals surface area contributed by atoms with Crippen LogP contribution >= 0.6 is 0 Å². The lowest BCUT2D eigenvalue weighted by Crippen LogP contribution is -2.04. The molecule has 0 unspecified atom stereocenters. The predicted molar refractivity (Wildman–Crippen MR) is 119 cm³/mol. The monoisotopic (exact) mass is 408 g/mol. The highest BCUT2D eigenvalue weighted by molar-refractivity contribution is 5.70. The molecule has 7 nitrogen and oxygen atoms in total. The van der Waals surface area contributed by atoms with Gasteiger partial charge in [0.15, 0.2) is 0 Å². The lowest BCUT2D eigenvalue weighted by Gasteiger charge is -2.15. The van der Waals surface area contributed by atoms with Gasteiger partial charge < -0.3 is 15.4 Å². The van der Waals surface area contributed by atoms with Gasteiger partial charge in [-0.05, 0) is 66.9 Å². The maximum Gasteiger partial charge on any atom is 0.229 e. The van der Waals surface area contributed by atoms with E-state index >= 15 is 0 Å². The maximum atomic E-state index is 9.29. The second-order valence-corrected chi connectivity index (χ2v) is 7.23. The van der Waals surface area contributed by atoms with Gasteiger partial charge in [-0.3, -0.25) is 0 Å². The van der Waals surface area contributed by atoms with Crippen molar-refractivity contribution < 1.29 is 4.74 Å². The SMILES string of the molecule is Cc1cc(/C=C/C#N)cc(C)c1Nc1ccnc(Nc2ccc(C#N)c3c2COC3)n1. The number of benzene rings is 2. The van der Waals surface area contributed by atoms with Crippen LogP contribution in [0.5, 0.6) is 0 Å². The average Bonchev–Trinajstić information content (AvgIpc) is 3.26. The minimum absolute atomic E-state index is 0.439. The number of anilines is 4. The van der Waals surface area contributed by atoms with Crippen LogP contribution in [0, 0.1) is 36.5 Å². The Kier molecular flexibility index (Phi) is 5.61. The molecule has 0 radical (unpaired) electrons. The van der Waals surface area contributed by atoms with E-state index in [0.29, 0.717) is 30.5 Å². The molecule has 0 aliphatic carbocycles. The maximum absolute atomic E-state index is 9.29. The molecule has 0 saturated carbocycles. The third-order valence-corrected chi connectivity index (χ3v) is 5.10. The molecule has 31 heavy (non-hydrogen) atoms. The van der Waals surface area contributed by atoms with E-state index in [1.807, 2.05) is 38.1 Å². The summed E-state index contributed by atoms with van der Waals surface area (Å²) >= 11 is 0. The van der Waals surface area contributed by atoms with E-state index in [0.717, 1.165) is 39.2 Å². The van der Waals surface area contributed by atoms with Gasteiger partial charge in [0.05, 0.1) is 30.9 Å². The van der Waals surface area contributed by atoms with Crippen molar-refractivity contribution in [3.05, 3.63) is 76.0 Å². The molecule has 0 atom stereocenters. The van der Waals surface area contributed by atoms with Crippen molar-refractivity contribution in [3.8, 4) is 12.1 Å². The molecule has 0 fully saturated rings. The molecular weight excluding hydrogens is 388 g/mol. The molecule has 7 heteroatoms. The van der Waals surface area contributed by atoms with E-state index in [1.165, 1.54) is 6.08 Å². The first-order valence-corrected chi connectivity index (χ1v) is 9.76. The number of nitriles is 2. The molecule has 152 valence electrons. The molecule has 2 aromatic carbocycles. The summed E-state index contributed by atoms with van der Waals surface area (Å²) in [5.74, 6) is 1.11. The van der Waals surface area contributed by atoms with Crippen molar-refractivity contribution in [2.45, 2.75) is 27.1 Å². The van der Waals surface area contributed by atoms with E-state index in [-0.39, 0.29) is 0 Å².